The summed E-state index contributed by atoms with van der Waals surface area (Å²) in [6.07, 6.45) is 0. The maximum absolute atomic E-state index is 12.1. The Hall–Kier alpha value is -4.05. The molecule has 1 aromatic heterocycles. The summed E-state index contributed by atoms with van der Waals surface area (Å²) in [6, 6.07) is 30.4. The standard InChI is InChI=1S/C28H24N2O2/c1-19-13-14-23-26(15-19)30(25-12-6-11-24(27(23)25)28(29)31)17-21-9-5-10-22(16-21)32-18-20-7-3-2-4-8-20/h2-16H,17-18H2,1H3,(H2,29,31). The Morgan fingerprint density at radius 1 is 0.844 bits per heavy atom. The summed E-state index contributed by atoms with van der Waals surface area (Å²) in [5, 5.41) is 1.95. The van der Waals surface area contributed by atoms with Crippen molar-refractivity contribution in [2.24, 2.45) is 5.73 Å². The number of nitrogens with zero attached hydrogens (tertiary/aromatic N) is 1. The SMILES string of the molecule is Cc1ccc2c3c(C(N)=O)cccc3n(Cc3cccc(OCc4ccccc4)c3)c2c1. The van der Waals surface area contributed by atoms with Gasteiger partial charge in [0.05, 0.1) is 5.52 Å². The Labute approximate surface area is 186 Å². The largest absolute Gasteiger partial charge is 0.489 e. The van der Waals surface area contributed by atoms with E-state index in [0.29, 0.717) is 18.7 Å². The second-order valence-corrected chi connectivity index (χ2v) is 8.09. The van der Waals surface area contributed by atoms with Crippen molar-refractivity contribution in [3.63, 3.8) is 0 Å². The Bertz CT molecular complexity index is 1430. The fourth-order valence-corrected chi connectivity index (χ4v) is 4.29. The van der Waals surface area contributed by atoms with Crippen molar-refractivity contribution in [1.82, 2.24) is 4.57 Å². The molecule has 4 aromatic carbocycles. The number of amides is 1. The summed E-state index contributed by atoms with van der Waals surface area (Å²) < 4.78 is 8.28. The summed E-state index contributed by atoms with van der Waals surface area (Å²) >= 11 is 0. The van der Waals surface area contributed by atoms with Crippen LogP contribution < -0.4 is 10.5 Å². The number of rotatable bonds is 6. The van der Waals surface area contributed by atoms with Crippen molar-refractivity contribution in [2.45, 2.75) is 20.1 Å². The van der Waals surface area contributed by atoms with E-state index in [4.69, 9.17) is 10.5 Å². The third-order valence-corrected chi connectivity index (χ3v) is 5.80. The van der Waals surface area contributed by atoms with E-state index in [-0.39, 0.29) is 0 Å². The molecule has 0 saturated heterocycles. The van der Waals surface area contributed by atoms with Crippen LogP contribution in [0.1, 0.15) is 27.0 Å². The number of benzene rings is 4. The normalized spacial score (nSPS) is 11.2. The van der Waals surface area contributed by atoms with Gasteiger partial charge in [0.15, 0.2) is 0 Å². The number of aromatic nitrogens is 1. The molecule has 1 heterocycles. The number of hydrogen-bond acceptors (Lipinski definition) is 2. The van der Waals surface area contributed by atoms with Crippen LogP contribution in [0.4, 0.5) is 0 Å². The van der Waals surface area contributed by atoms with E-state index in [1.807, 2.05) is 42.5 Å². The number of aryl methyl sites for hydroxylation is 1. The predicted molar refractivity (Wildman–Crippen MR) is 129 cm³/mol. The van der Waals surface area contributed by atoms with Gasteiger partial charge in [-0.05, 0) is 53.9 Å². The molecule has 32 heavy (non-hydrogen) atoms. The Kier molecular flexibility index (Phi) is 5.12. The van der Waals surface area contributed by atoms with Gasteiger partial charge in [0.2, 0.25) is 5.91 Å². The van der Waals surface area contributed by atoms with Gasteiger partial charge >= 0.3 is 0 Å². The average molecular weight is 421 g/mol. The second kappa shape index (κ2) is 8.23. The molecule has 0 aliphatic carbocycles. The Balaban J connectivity index is 1.54. The molecule has 0 aliphatic heterocycles. The highest BCUT2D eigenvalue weighted by molar-refractivity contribution is 6.17. The van der Waals surface area contributed by atoms with Crippen LogP contribution in [0.2, 0.25) is 0 Å². The first kappa shape index (κ1) is 19.9. The molecule has 4 heteroatoms. The van der Waals surface area contributed by atoms with Gasteiger partial charge in [-0.25, -0.2) is 0 Å². The average Bonchev–Trinajstić information content (AvgIpc) is 3.11. The highest BCUT2D eigenvalue weighted by atomic mass is 16.5. The van der Waals surface area contributed by atoms with Crippen molar-refractivity contribution < 1.29 is 9.53 Å². The molecule has 5 aromatic rings. The number of fused-ring (bicyclic) bond motifs is 3. The molecule has 0 saturated carbocycles. The number of hydrogen-bond donors (Lipinski definition) is 1. The minimum absolute atomic E-state index is 0.411. The zero-order valence-corrected chi connectivity index (χ0v) is 17.9. The highest BCUT2D eigenvalue weighted by Crippen LogP contribution is 2.33. The van der Waals surface area contributed by atoms with Crippen LogP contribution >= 0.6 is 0 Å². The van der Waals surface area contributed by atoms with Gasteiger partial charge in [-0.1, -0.05) is 60.7 Å². The molecule has 4 nitrogen and oxygen atoms in total. The monoisotopic (exact) mass is 420 g/mol. The van der Waals surface area contributed by atoms with Crippen LogP contribution in [0.25, 0.3) is 21.8 Å². The second-order valence-electron chi connectivity index (χ2n) is 8.09. The molecule has 0 fully saturated rings. The minimum atomic E-state index is -0.411. The van der Waals surface area contributed by atoms with Crippen molar-refractivity contribution in [1.29, 1.82) is 0 Å². The van der Waals surface area contributed by atoms with E-state index >= 15 is 0 Å². The lowest BCUT2D eigenvalue weighted by molar-refractivity contribution is 0.100. The van der Waals surface area contributed by atoms with Gasteiger partial charge in [0.1, 0.15) is 12.4 Å². The van der Waals surface area contributed by atoms with E-state index in [9.17, 15) is 4.79 Å². The quantitative estimate of drug-likeness (QED) is 0.376. The molecule has 5 rings (SSSR count). The summed E-state index contributed by atoms with van der Waals surface area (Å²) in [5.74, 6) is 0.424. The van der Waals surface area contributed by atoms with Crippen molar-refractivity contribution in [3.8, 4) is 5.75 Å². The van der Waals surface area contributed by atoms with Crippen LogP contribution in [0.3, 0.4) is 0 Å². The first-order chi connectivity index (χ1) is 15.6. The molecule has 0 atom stereocenters. The summed E-state index contributed by atoms with van der Waals surface area (Å²) in [6.45, 7) is 3.27. The lowest BCUT2D eigenvalue weighted by atomic mass is 10.1. The van der Waals surface area contributed by atoms with E-state index in [1.165, 1.54) is 5.56 Å². The minimum Gasteiger partial charge on any atom is -0.489 e. The fourth-order valence-electron chi connectivity index (χ4n) is 4.29. The topological polar surface area (TPSA) is 57.2 Å². The van der Waals surface area contributed by atoms with Crippen LogP contribution in [-0.2, 0) is 13.2 Å². The van der Waals surface area contributed by atoms with Crippen LogP contribution in [0, 0.1) is 6.92 Å². The Morgan fingerprint density at radius 3 is 2.44 bits per heavy atom. The molecule has 1 amide bonds. The van der Waals surface area contributed by atoms with Crippen LogP contribution in [0.15, 0.2) is 91.0 Å². The van der Waals surface area contributed by atoms with Crippen molar-refractivity contribution in [2.75, 3.05) is 0 Å². The van der Waals surface area contributed by atoms with Gasteiger partial charge in [0.25, 0.3) is 0 Å². The van der Waals surface area contributed by atoms with E-state index in [2.05, 4.69) is 54.0 Å². The van der Waals surface area contributed by atoms with Crippen molar-refractivity contribution >= 4 is 27.7 Å². The molecular weight excluding hydrogens is 396 g/mol. The van der Waals surface area contributed by atoms with Gasteiger partial charge in [0, 0.05) is 28.4 Å². The first-order valence-corrected chi connectivity index (χ1v) is 10.7. The predicted octanol–water partition coefficient (Wildman–Crippen LogP) is 5.83. The highest BCUT2D eigenvalue weighted by Gasteiger charge is 2.16. The van der Waals surface area contributed by atoms with Gasteiger partial charge in [-0.15, -0.1) is 0 Å². The molecule has 158 valence electrons. The zero-order valence-electron chi connectivity index (χ0n) is 17.9. The Morgan fingerprint density at radius 2 is 1.62 bits per heavy atom. The smallest absolute Gasteiger partial charge is 0.249 e. The number of primary amides is 1. The van der Waals surface area contributed by atoms with E-state index in [0.717, 1.165) is 38.7 Å². The molecule has 0 radical (unpaired) electrons. The zero-order chi connectivity index (χ0) is 22.1. The molecule has 0 aliphatic rings. The lowest BCUT2D eigenvalue weighted by Crippen LogP contribution is -2.11. The molecule has 0 bridgehead atoms. The number of carbonyl (C=O) groups excluding carboxylic acids is 1. The van der Waals surface area contributed by atoms with Gasteiger partial charge in [-0.2, -0.15) is 0 Å². The summed E-state index contributed by atoms with van der Waals surface area (Å²) in [7, 11) is 0. The number of nitrogens with two attached hydrogens (primary N) is 1. The lowest BCUT2D eigenvalue weighted by Gasteiger charge is -2.11. The first-order valence-electron chi connectivity index (χ1n) is 10.7. The number of ether oxygens (including phenoxy) is 1. The van der Waals surface area contributed by atoms with Gasteiger partial charge < -0.3 is 15.0 Å². The third-order valence-electron chi connectivity index (χ3n) is 5.80. The number of carbonyl (C=O) groups is 1. The van der Waals surface area contributed by atoms with E-state index in [1.54, 1.807) is 6.07 Å². The molecule has 0 unspecified atom stereocenters. The fraction of sp³-hybridized carbons (Fsp3) is 0.107. The summed E-state index contributed by atoms with van der Waals surface area (Å²) in [5.41, 5.74) is 11.8. The summed E-state index contributed by atoms with van der Waals surface area (Å²) in [4.78, 5) is 12.1. The third kappa shape index (κ3) is 3.71. The maximum Gasteiger partial charge on any atom is 0.249 e. The van der Waals surface area contributed by atoms with Gasteiger partial charge in [-0.3, -0.25) is 4.79 Å². The molecular formula is C28H24N2O2. The molecule has 0 spiro atoms. The maximum atomic E-state index is 12.1. The van der Waals surface area contributed by atoms with Crippen LogP contribution in [-0.4, -0.2) is 10.5 Å². The van der Waals surface area contributed by atoms with Crippen LogP contribution in [0.5, 0.6) is 5.75 Å². The van der Waals surface area contributed by atoms with E-state index < -0.39 is 5.91 Å². The molecule has 2 N–H and O–H groups in total. The van der Waals surface area contributed by atoms with Crippen molar-refractivity contribution in [3.05, 3.63) is 113 Å².